The van der Waals surface area contributed by atoms with Crippen LogP contribution in [-0.4, -0.2) is 17.0 Å². The fourth-order valence-electron chi connectivity index (χ4n) is 2.90. The number of imidazole rings is 1. The molecule has 3 heteroatoms. The second kappa shape index (κ2) is 5.47. The summed E-state index contributed by atoms with van der Waals surface area (Å²) in [5.41, 5.74) is 3.59. The van der Waals surface area contributed by atoms with Crippen LogP contribution in [0.4, 0.5) is 5.69 Å². The SMILES string of the molecule is CNc1ccc(-c2ncc(C3CCCCC3)[nH]2)cc1. The van der Waals surface area contributed by atoms with E-state index in [0.717, 1.165) is 17.1 Å². The van der Waals surface area contributed by atoms with Crippen LogP contribution < -0.4 is 5.32 Å². The van der Waals surface area contributed by atoms with Crippen molar-refractivity contribution in [2.45, 2.75) is 38.0 Å². The van der Waals surface area contributed by atoms with E-state index in [1.54, 1.807) is 0 Å². The van der Waals surface area contributed by atoms with Gasteiger partial charge in [-0.15, -0.1) is 0 Å². The van der Waals surface area contributed by atoms with Gasteiger partial charge in [0.1, 0.15) is 5.82 Å². The summed E-state index contributed by atoms with van der Waals surface area (Å²) >= 11 is 0. The summed E-state index contributed by atoms with van der Waals surface area (Å²) in [6.07, 6.45) is 8.74. The predicted molar refractivity (Wildman–Crippen MR) is 79.4 cm³/mol. The van der Waals surface area contributed by atoms with Crippen LogP contribution >= 0.6 is 0 Å². The van der Waals surface area contributed by atoms with E-state index in [1.807, 2.05) is 13.2 Å². The van der Waals surface area contributed by atoms with Gasteiger partial charge in [0.05, 0.1) is 0 Å². The van der Waals surface area contributed by atoms with Crippen LogP contribution in [0.5, 0.6) is 0 Å². The molecule has 1 aliphatic carbocycles. The molecule has 1 saturated carbocycles. The molecular weight excluding hydrogens is 234 g/mol. The molecule has 0 bridgehead atoms. The molecule has 100 valence electrons. The average Bonchev–Trinajstić information content (AvgIpc) is 2.98. The van der Waals surface area contributed by atoms with E-state index in [2.05, 4.69) is 39.6 Å². The Kier molecular flexibility index (Phi) is 3.53. The molecule has 3 rings (SSSR count). The van der Waals surface area contributed by atoms with E-state index >= 15 is 0 Å². The molecule has 0 aliphatic heterocycles. The van der Waals surface area contributed by atoms with Crippen LogP contribution in [0.3, 0.4) is 0 Å². The lowest BCUT2D eigenvalue weighted by Crippen LogP contribution is -2.04. The third kappa shape index (κ3) is 2.65. The highest BCUT2D eigenvalue weighted by Crippen LogP contribution is 2.32. The van der Waals surface area contributed by atoms with Gasteiger partial charge in [-0.05, 0) is 37.1 Å². The molecule has 0 radical (unpaired) electrons. The molecule has 1 aliphatic rings. The van der Waals surface area contributed by atoms with Crippen molar-refractivity contribution < 1.29 is 0 Å². The number of rotatable bonds is 3. The first-order valence-corrected chi connectivity index (χ1v) is 7.20. The molecule has 19 heavy (non-hydrogen) atoms. The number of H-pyrrole nitrogens is 1. The Morgan fingerprint density at radius 1 is 1.11 bits per heavy atom. The highest BCUT2D eigenvalue weighted by molar-refractivity contribution is 5.59. The summed E-state index contributed by atoms with van der Waals surface area (Å²) in [5.74, 6) is 1.68. The predicted octanol–water partition coefficient (Wildman–Crippen LogP) is 4.17. The molecular formula is C16H21N3. The van der Waals surface area contributed by atoms with Gasteiger partial charge in [-0.1, -0.05) is 19.3 Å². The molecule has 0 atom stereocenters. The monoisotopic (exact) mass is 255 g/mol. The van der Waals surface area contributed by atoms with Crippen LogP contribution in [-0.2, 0) is 0 Å². The Hall–Kier alpha value is -1.77. The Morgan fingerprint density at radius 2 is 1.84 bits per heavy atom. The first kappa shape index (κ1) is 12.3. The van der Waals surface area contributed by atoms with Gasteiger partial charge in [-0.2, -0.15) is 0 Å². The third-order valence-electron chi connectivity index (χ3n) is 4.09. The maximum absolute atomic E-state index is 4.54. The summed E-state index contributed by atoms with van der Waals surface area (Å²) in [5, 5.41) is 3.13. The molecule has 3 nitrogen and oxygen atoms in total. The minimum atomic E-state index is 0.687. The minimum absolute atomic E-state index is 0.687. The summed E-state index contributed by atoms with van der Waals surface area (Å²) < 4.78 is 0. The highest BCUT2D eigenvalue weighted by Gasteiger charge is 2.17. The number of anilines is 1. The van der Waals surface area contributed by atoms with Gasteiger partial charge in [-0.3, -0.25) is 0 Å². The first-order chi connectivity index (χ1) is 9.36. The number of hydrogen-bond donors (Lipinski definition) is 2. The Labute approximate surface area is 114 Å². The molecule has 1 aromatic carbocycles. The topological polar surface area (TPSA) is 40.7 Å². The number of hydrogen-bond acceptors (Lipinski definition) is 2. The van der Waals surface area contributed by atoms with Crippen molar-refractivity contribution in [2.24, 2.45) is 0 Å². The van der Waals surface area contributed by atoms with Crippen molar-refractivity contribution >= 4 is 5.69 Å². The molecule has 2 aromatic rings. The van der Waals surface area contributed by atoms with Crippen molar-refractivity contribution in [1.29, 1.82) is 0 Å². The fraction of sp³-hybridized carbons (Fsp3) is 0.438. The number of nitrogens with one attached hydrogen (secondary N) is 2. The maximum Gasteiger partial charge on any atom is 0.137 e. The molecule has 0 amide bonds. The Balaban J connectivity index is 1.79. The number of nitrogens with zero attached hydrogens (tertiary/aromatic N) is 1. The zero-order valence-electron chi connectivity index (χ0n) is 11.4. The third-order valence-corrected chi connectivity index (χ3v) is 4.09. The lowest BCUT2D eigenvalue weighted by molar-refractivity contribution is 0.438. The zero-order chi connectivity index (χ0) is 13.1. The number of aromatic amines is 1. The van der Waals surface area contributed by atoms with E-state index < -0.39 is 0 Å². The molecule has 1 aromatic heterocycles. The summed E-state index contributed by atoms with van der Waals surface area (Å²) in [7, 11) is 1.93. The minimum Gasteiger partial charge on any atom is -0.388 e. The molecule has 1 heterocycles. The van der Waals surface area contributed by atoms with Gasteiger partial charge in [-0.25, -0.2) is 4.98 Å². The summed E-state index contributed by atoms with van der Waals surface area (Å²) in [6.45, 7) is 0. The number of benzene rings is 1. The zero-order valence-corrected chi connectivity index (χ0v) is 11.4. The Morgan fingerprint density at radius 3 is 2.53 bits per heavy atom. The van der Waals surface area contributed by atoms with Crippen LogP contribution in [0.25, 0.3) is 11.4 Å². The van der Waals surface area contributed by atoms with Crippen LogP contribution in [0.1, 0.15) is 43.7 Å². The fourth-order valence-corrected chi connectivity index (χ4v) is 2.90. The van der Waals surface area contributed by atoms with E-state index in [1.165, 1.54) is 37.8 Å². The Bertz CT molecular complexity index is 521. The first-order valence-electron chi connectivity index (χ1n) is 7.20. The lowest BCUT2D eigenvalue weighted by atomic mass is 9.87. The summed E-state index contributed by atoms with van der Waals surface area (Å²) in [6, 6.07) is 8.38. The van der Waals surface area contributed by atoms with Gasteiger partial charge in [0.2, 0.25) is 0 Å². The van der Waals surface area contributed by atoms with Crippen molar-refractivity contribution in [3.05, 3.63) is 36.2 Å². The van der Waals surface area contributed by atoms with Crippen LogP contribution in [0.2, 0.25) is 0 Å². The van der Waals surface area contributed by atoms with Crippen molar-refractivity contribution in [1.82, 2.24) is 9.97 Å². The van der Waals surface area contributed by atoms with E-state index in [-0.39, 0.29) is 0 Å². The highest BCUT2D eigenvalue weighted by atomic mass is 14.9. The van der Waals surface area contributed by atoms with Crippen LogP contribution in [0.15, 0.2) is 30.5 Å². The van der Waals surface area contributed by atoms with Crippen molar-refractivity contribution in [3.8, 4) is 11.4 Å². The molecule has 0 unspecified atom stereocenters. The van der Waals surface area contributed by atoms with Gasteiger partial charge in [0, 0.05) is 36.1 Å². The van der Waals surface area contributed by atoms with Crippen LogP contribution in [0, 0.1) is 0 Å². The van der Waals surface area contributed by atoms with E-state index in [4.69, 9.17) is 0 Å². The van der Waals surface area contributed by atoms with E-state index in [0.29, 0.717) is 5.92 Å². The molecule has 0 saturated heterocycles. The van der Waals surface area contributed by atoms with Gasteiger partial charge in [0.25, 0.3) is 0 Å². The molecule has 1 fully saturated rings. The maximum atomic E-state index is 4.54. The number of aromatic nitrogens is 2. The summed E-state index contributed by atoms with van der Waals surface area (Å²) in [4.78, 5) is 8.05. The average molecular weight is 255 g/mol. The standard InChI is InChI=1S/C16H21N3/c1-17-14-9-7-13(8-10-14)16-18-11-15(19-16)12-5-3-2-4-6-12/h7-12,17H,2-6H2,1H3,(H,18,19). The largest absolute Gasteiger partial charge is 0.388 e. The smallest absolute Gasteiger partial charge is 0.137 e. The van der Waals surface area contributed by atoms with E-state index in [9.17, 15) is 0 Å². The quantitative estimate of drug-likeness (QED) is 0.864. The normalized spacial score (nSPS) is 16.5. The molecule has 0 spiro atoms. The molecule has 2 N–H and O–H groups in total. The van der Waals surface area contributed by atoms with Gasteiger partial charge < -0.3 is 10.3 Å². The van der Waals surface area contributed by atoms with Crippen molar-refractivity contribution in [2.75, 3.05) is 12.4 Å². The second-order valence-electron chi connectivity index (χ2n) is 5.35. The lowest BCUT2D eigenvalue weighted by Gasteiger charge is -2.19. The van der Waals surface area contributed by atoms with Gasteiger partial charge in [0.15, 0.2) is 0 Å². The second-order valence-corrected chi connectivity index (χ2v) is 5.35. The van der Waals surface area contributed by atoms with Crippen molar-refractivity contribution in [3.63, 3.8) is 0 Å². The van der Waals surface area contributed by atoms with Gasteiger partial charge >= 0.3 is 0 Å².